The van der Waals surface area contributed by atoms with Crippen LogP contribution in [0.5, 0.6) is 5.75 Å². The maximum absolute atomic E-state index is 11.8. The van der Waals surface area contributed by atoms with Crippen LogP contribution in [-0.2, 0) is 11.3 Å². The third-order valence-electron chi connectivity index (χ3n) is 3.51. The fraction of sp³-hybridized carbons (Fsp3) is 0.130. The van der Waals surface area contributed by atoms with E-state index >= 15 is 0 Å². The van der Waals surface area contributed by atoms with Crippen LogP contribution >= 0.6 is 0 Å². The zero-order chi connectivity index (χ0) is 19.5. The summed E-state index contributed by atoms with van der Waals surface area (Å²) in [4.78, 5) is 11.8. The van der Waals surface area contributed by atoms with Gasteiger partial charge in [-0.25, -0.2) is 0 Å². The summed E-state index contributed by atoms with van der Waals surface area (Å²) >= 11 is 0. The number of ether oxygens (including phenoxy) is 2. The van der Waals surface area contributed by atoms with Gasteiger partial charge >= 0.3 is 31.1 Å². The molecule has 4 nitrogen and oxygen atoms in total. The molecule has 3 aromatic carbocycles. The third-order valence-corrected chi connectivity index (χ3v) is 3.51. The van der Waals surface area contributed by atoms with Crippen molar-refractivity contribution in [1.29, 1.82) is 0 Å². The number of carbonyl (C=O) groups is 1. The molecule has 142 valence electrons. The average Bonchev–Trinajstić information content (AvgIpc) is 2.68. The van der Waals surface area contributed by atoms with E-state index < -0.39 is 5.97 Å². The second-order valence-electron chi connectivity index (χ2n) is 5.65. The molecule has 0 aliphatic carbocycles. The Hall–Kier alpha value is -2.35. The number of anilines is 1. The first-order chi connectivity index (χ1) is 13.1. The minimum absolute atomic E-state index is 0. The van der Waals surface area contributed by atoms with Crippen LogP contribution in [0.25, 0.3) is 0 Å². The van der Waals surface area contributed by atoms with Crippen molar-refractivity contribution in [2.75, 3.05) is 12.3 Å². The van der Waals surface area contributed by atoms with Crippen LogP contribution < -0.4 is 10.5 Å². The zero-order valence-corrected chi connectivity index (χ0v) is 20.0. The van der Waals surface area contributed by atoms with Gasteiger partial charge in [-0.1, -0.05) is 42.1 Å². The molecule has 0 bridgehead atoms. The number of esters is 1. The molecule has 0 saturated carbocycles. The standard InChI is InChI=1S/C16H16NO3.C7H7.U/c1-2-19-16(18)14-9-8-13(17)10-15(14)20-11-12-6-4-3-5-7-12;1-7-5-3-2-4-6-7;/h3-7,9-10H,2,11,17H2,1H3;2-6H,1H2;/q2*-1;+2. The molecule has 0 fully saturated rings. The van der Waals surface area contributed by atoms with E-state index in [1.54, 1.807) is 13.0 Å². The minimum Gasteiger partial charge on any atom is -0.513 e. The van der Waals surface area contributed by atoms with Gasteiger partial charge in [0.15, 0.2) is 0 Å². The Labute approximate surface area is 190 Å². The maximum Gasteiger partial charge on any atom is 2.00 e. The fourth-order valence-electron chi connectivity index (χ4n) is 2.19. The average molecular weight is 599 g/mol. The van der Waals surface area contributed by atoms with Gasteiger partial charge < -0.3 is 15.2 Å². The van der Waals surface area contributed by atoms with E-state index in [-0.39, 0.29) is 31.1 Å². The number of benzene rings is 3. The van der Waals surface area contributed by atoms with Crippen LogP contribution in [0.15, 0.2) is 72.8 Å². The molecule has 2 N–H and O–H groups in total. The second kappa shape index (κ2) is 12.9. The molecule has 0 spiro atoms. The van der Waals surface area contributed by atoms with Crippen LogP contribution in [0.4, 0.5) is 5.69 Å². The van der Waals surface area contributed by atoms with E-state index in [1.807, 2.05) is 60.7 Å². The van der Waals surface area contributed by atoms with Gasteiger partial charge in [-0.05, 0) is 18.1 Å². The minimum atomic E-state index is -0.438. The molecular weight excluding hydrogens is 576 g/mol. The quantitative estimate of drug-likeness (QED) is 0.263. The largest absolute Gasteiger partial charge is 2.00 e. The molecule has 3 rings (SSSR count). The van der Waals surface area contributed by atoms with Crippen LogP contribution in [0.3, 0.4) is 0 Å². The van der Waals surface area contributed by atoms with Crippen molar-refractivity contribution >= 4 is 11.7 Å². The number of hydrogen-bond donors (Lipinski definition) is 1. The van der Waals surface area contributed by atoms with Gasteiger partial charge in [0.05, 0.1) is 6.61 Å². The number of nitrogens with two attached hydrogens (primary N) is 1. The molecule has 0 radical (unpaired) electrons. The molecule has 0 aliphatic heterocycles. The van der Waals surface area contributed by atoms with Crippen molar-refractivity contribution in [3.8, 4) is 5.75 Å². The normalized spacial score (nSPS) is 9.32. The summed E-state index contributed by atoms with van der Waals surface area (Å²) < 4.78 is 10.7. The molecule has 5 heteroatoms. The van der Waals surface area contributed by atoms with E-state index in [4.69, 9.17) is 15.2 Å². The number of nitrogen functional groups attached to an aromatic ring is 1. The van der Waals surface area contributed by atoms with Crippen molar-refractivity contribution in [3.05, 3.63) is 102 Å². The molecule has 0 heterocycles. The van der Waals surface area contributed by atoms with Crippen LogP contribution in [0.1, 0.15) is 28.4 Å². The summed E-state index contributed by atoms with van der Waals surface area (Å²) in [5, 5.41) is 0. The summed E-state index contributed by atoms with van der Waals surface area (Å²) in [5.74, 6) is -0.0321. The number of carbonyl (C=O) groups excluding carboxylic acids is 1. The summed E-state index contributed by atoms with van der Waals surface area (Å²) in [6.45, 7) is 6.14. The SMILES string of the molecule is CCOC(=O)c1c[c-]c(N)cc1OCc1ccccc1.[CH2-]c1ccccc1.[U+2]. The summed E-state index contributed by atoms with van der Waals surface area (Å²) in [6, 6.07) is 25.4. The Morgan fingerprint density at radius 2 is 1.68 bits per heavy atom. The maximum atomic E-state index is 11.8. The van der Waals surface area contributed by atoms with Crippen molar-refractivity contribution in [2.24, 2.45) is 0 Å². The van der Waals surface area contributed by atoms with Gasteiger partial charge in [0.1, 0.15) is 6.61 Å². The Morgan fingerprint density at radius 3 is 2.21 bits per heavy atom. The van der Waals surface area contributed by atoms with E-state index in [0.29, 0.717) is 30.2 Å². The summed E-state index contributed by atoms with van der Waals surface area (Å²) in [7, 11) is 0. The van der Waals surface area contributed by atoms with Gasteiger partial charge in [-0.15, -0.1) is 18.2 Å². The van der Waals surface area contributed by atoms with E-state index in [1.165, 1.54) is 6.07 Å². The second-order valence-corrected chi connectivity index (χ2v) is 5.65. The van der Waals surface area contributed by atoms with E-state index in [9.17, 15) is 4.79 Å². The monoisotopic (exact) mass is 599 g/mol. The van der Waals surface area contributed by atoms with Crippen molar-refractivity contribution in [1.82, 2.24) is 0 Å². The van der Waals surface area contributed by atoms with Crippen molar-refractivity contribution < 1.29 is 45.4 Å². The third kappa shape index (κ3) is 8.12. The van der Waals surface area contributed by atoms with Gasteiger partial charge in [0, 0.05) is 5.75 Å². The first-order valence-electron chi connectivity index (χ1n) is 8.62. The summed E-state index contributed by atoms with van der Waals surface area (Å²) in [6.07, 6.45) is 0. The predicted molar refractivity (Wildman–Crippen MR) is 107 cm³/mol. The molecule has 0 saturated heterocycles. The smallest absolute Gasteiger partial charge is 0.513 e. The van der Waals surface area contributed by atoms with Crippen LogP contribution in [-0.4, -0.2) is 12.6 Å². The first-order valence-corrected chi connectivity index (χ1v) is 8.62. The fourth-order valence-corrected chi connectivity index (χ4v) is 2.19. The molecule has 0 amide bonds. The molecular formula is C23H23NO3U. The van der Waals surface area contributed by atoms with Gasteiger partial charge in [0.25, 0.3) is 5.97 Å². The molecule has 0 aliphatic rings. The van der Waals surface area contributed by atoms with Gasteiger partial charge in [-0.3, -0.25) is 4.79 Å². The van der Waals surface area contributed by atoms with Gasteiger partial charge in [-0.2, -0.15) is 36.8 Å². The summed E-state index contributed by atoms with van der Waals surface area (Å²) in [5.41, 5.74) is 8.51. The van der Waals surface area contributed by atoms with Crippen LogP contribution in [0, 0.1) is 44.1 Å². The molecule has 28 heavy (non-hydrogen) atoms. The van der Waals surface area contributed by atoms with Crippen molar-refractivity contribution in [3.63, 3.8) is 0 Å². The Balaban J connectivity index is 0.000000414. The number of hydrogen-bond acceptors (Lipinski definition) is 4. The number of rotatable bonds is 5. The van der Waals surface area contributed by atoms with Crippen LogP contribution in [0.2, 0.25) is 0 Å². The molecule has 0 aromatic heterocycles. The predicted octanol–water partition coefficient (Wildman–Crippen LogP) is 4.69. The Bertz CT molecular complexity index is 839. The molecule has 0 unspecified atom stereocenters. The Kier molecular flexibility index (Phi) is 10.9. The van der Waals surface area contributed by atoms with E-state index in [0.717, 1.165) is 11.1 Å². The Morgan fingerprint density at radius 1 is 1.07 bits per heavy atom. The van der Waals surface area contributed by atoms with Gasteiger partial charge in [0.2, 0.25) is 0 Å². The zero-order valence-electron chi connectivity index (χ0n) is 15.9. The van der Waals surface area contributed by atoms with Crippen molar-refractivity contribution in [2.45, 2.75) is 13.5 Å². The molecule has 3 aromatic rings. The molecule has 0 atom stereocenters. The van der Waals surface area contributed by atoms with E-state index in [2.05, 4.69) is 13.0 Å². The first kappa shape index (κ1) is 23.7. The topological polar surface area (TPSA) is 61.5 Å².